The third-order valence-electron chi connectivity index (χ3n) is 4.79. The maximum atomic E-state index is 12.6. The van der Waals surface area contributed by atoms with Gasteiger partial charge in [0, 0.05) is 28.3 Å². The number of rotatable bonds is 4. The summed E-state index contributed by atoms with van der Waals surface area (Å²) >= 11 is 2.24. The Hall–Kier alpha value is -2.09. The zero-order valence-corrected chi connectivity index (χ0v) is 17.4. The highest BCUT2D eigenvalue weighted by molar-refractivity contribution is 14.1. The Morgan fingerprint density at radius 1 is 1.15 bits per heavy atom. The van der Waals surface area contributed by atoms with Crippen molar-refractivity contribution >= 4 is 40.3 Å². The second-order valence-corrected chi connectivity index (χ2v) is 8.00. The first kappa shape index (κ1) is 19.7. The lowest BCUT2D eigenvalue weighted by Crippen LogP contribution is -2.41. The van der Waals surface area contributed by atoms with Gasteiger partial charge in [-0.05, 0) is 65.6 Å². The molecule has 1 aliphatic heterocycles. The molecule has 142 valence electrons. The van der Waals surface area contributed by atoms with E-state index in [-0.39, 0.29) is 24.5 Å². The zero-order valence-electron chi connectivity index (χ0n) is 15.3. The number of amides is 2. The molecule has 1 heterocycles. The van der Waals surface area contributed by atoms with Gasteiger partial charge in [-0.15, -0.1) is 0 Å². The lowest BCUT2D eigenvalue weighted by atomic mass is 9.96. The molecule has 1 N–H and O–H groups in total. The number of benzene rings is 2. The van der Waals surface area contributed by atoms with Crippen molar-refractivity contribution in [3.05, 3.63) is 63.2 Å². The van der Waals surface area contributed by atoms with E-state index in [2.05, 4.69) is 27.9 Å². The Kier molecular flexibility index (Phi) is 6.71. The van der Waals surface area contributed by atoms with E-state index in [9.17, 15) is 9.59 Å². The molecule has 0 aromatic heterocycles. The van der Waals surface area contributed by atoms with Gasteiger partial charge in [-0.1, -0.05) is 36.4 Å². The number of nitrogens with zero attached hydrogens (tertiary/aromatic N) is 1. The smallest absolute Gasteiger partial charge is 0.410 e. The number of halogens is 1. The van der Waals surface area contributed by atoms with E-state index in [1.54, 1.807) is 4.90 Å². The van der Waals surface area contributed by atoms with Gasteiger partial charge < -0.3 is 15.0 Å². The van der Waals surface area contributed by atoms with Crippen molar-refractivity contribution < 1.29 is 14.3 Å². The average molecular weight is 478 g/mol. The number of nitrogens with one attached hydrogen (secondary N) is 1. The van der Waals surface area contributed by atoms with Gasteiger partial charge in [0.2, 0.25) is 5.91 Å². The quantitative estimate of drug-likeness (QED) is 0.655. The normalized spacial score (nSPS) is 14.7. The van der Waals surface area contributed by atoms with Crippen molar-refractivity contribution in [1.29, 1.82) is 0 Å². The molecule has 2 amide bonds. The van der Waals surface area contributed by atoms with Gasteiger partial charge in [0.05, 0.1) is 0 Å². The fraction of sp³-hybridized carbons (Fsp3) is 0.333. The van der Waals surface area contributed by atoms with Gasteiger partial charge in [0.15, 0.2) is 0 Å². The minimum atomic E-state index is -0.314. The predicted molar refractivity (Wildman–Crippen MR) is 113 cm³/mol. The van der Waals surface area contributed by atoms with E-state index in [0.717, 1.165) is 20.4 Å². The summed E-state index contributed by atoms with van der Waals surface area (Å²) in [6.45, 7) is 3.33. The molecule has 0 radical (unpaired) electrons. The van der Waals surface area contributed by atoms with Gasteiger partial charge in [-0.3, -0.25) is 4.79 Å². The summed E-state index contributed by atoms with van der Waals surface area (Å²) in [5.41, 5.74) is 2.87. The average Bonchev–Trinajstić information content (AvgIpc) is 2.70. The van der Waals surface area contributed by atoms with Crippen LogP contribution in [0.15, 0.2) is 48.5 Å². The fourth-order valence-electron chi connectivity index (χ4n) is 3.10. The van der Waals surface area contributed by atoms with Gasteiger partial charge in [0.25, 0.3) is 0 Å². The first-order valence-electron chi connectivity index (χ1n) is 9.05. The molecule has 2 aromatic rings. The molecule has 27 heavy (non-hydrogen) atoms. The van der Waals surface area contributed by atoms with Crippen LogP contribution in [0.3, 0.4) is 0 Å². The Morgan fingerprint density at radius 2 is 1.85 bits per heavy atom. The van der Waals surface area contributed by atoms with Crippen LogP contribution >= 0.6 is 22.6 Å². The minimum Gasteiger partial charge on any atom is -0.445 e. The third kappa shape index (κ3) is 5.45. The molecule has 0 atom stereocenters. The van der Waals surface area contributed by atoms with Crippen molar-refractivity contribution in [2.24, 2.45) is 5.92 Å². The SMILES string of the molecule is Cc1ccc(I)cc1NC(=O)C1CCN(C(=O)OCc2ccccc2)CC1. The number of carbonyl (C=O) groups is 2. The Bertz CT molecular complexity index is 802. The van der Waals surface area contributed by atoms with Gasteiger partial charge >= 0.3 is 6.09 Å². The molecule has 2 aromatic carbocycles. The summed E-state index contributed by atoms with van der Waals surface area (Å²) < 4.78 is 6.46. The first-order chi connectivity index (χ1) is 13.0. The number of aryl methyl sites for hydroxylation is 1. The van der Waals surface area contributed by atoms with Crippen molar-refractivity contribution in [3.8, 4) is 0 Å². The van der Waals surface area contributed by atoms with Gasteiger partial charge in [0.1, 0.15) is 6.61 Å². The van der Waals surface area contributed by atoms with Crippen LogP contribution in [0.25, 0.3) is 0 Å². The molecule has 0 unspecified atom stereocenters. The van der Waals surface area contributed by atoms with Crippen LogP contribution in [0.1, 0.15) is 24.0 Å². The molecule has 0 bridgehead atoms. The predicted octanol–water partition coefficient (Wildman–Crippen LogP) is 4.59. The summed E-state index contributed by atoms with van der Waals surface area (Å²) in [6.07, 6.45) is 0.982. The molecular weight excluding hydrogens is 455 g/mol. The van der Waals surface area contributed by atoms with Gasteiger partial charge in [-0.2, -0.15) is 0 Å². The molecule has 5 nitrogen and oxygen atoms in total. The Labute approximate surface area is 173 Å². The molecule has 3 rings (SSSR count). The maximum Gasteiger partial charge on any atom is 0.410 e. The Balaban J connectivity index is 1.47. The highest BCUT2D eigenvalue weighted by Crippen LogP contribution is 2.23. The molecule has 1 fully saturated rings. The van der Waals surface area contributed by atoms with E-state index >= 15 is 0 Å². The topological polar surface area (TPSA) is 58.6 Å². The largest absolute Gasteiger partial charge is 0.445 e. The lowest BCUT2D eigenvalue weighted by molar-refractivity contribution is -0.121. The van der Waals surface area contributed by atoms with Crippen LogP contribution in [-0.4, -0.2) is 30.0 Å². The van der Waals surface area contributed by atoms with Crippen LogP contribution in [0, 0.1) is 16.4 Å². The van der Waals surface area contributed by atoms with E-state index in [1.165, 1.54) is 0 Å². The van der Waals surface area contributed by atoms with E-state index < -0.39 is 0 Å². The van der Waals surface area contributed by atoms with Crippen LogP contribution in [-0.2, 0) is 16.1 Å². The highest BCUT2D eigenvalue weighted by atomic mass is 127. The molecule has 1 saturated heterocycles. The summed E-state index contributed by atoms with van der Waals surface area (Å²) in [4.78, 5) is 26.5. The van der Waals surface area contributed by atoms with Crippen molar-refractivity contribution in [2.75, 3.05) is 18.4 Å². The summed E-state index contributed by atoms with van der Waals surface area (Å²) in [5.74, 6) is -0.0576. The number of piperidine rings is 1. The van der Waals surface area contributed by atoms with E-state index in [1.807, 2.05) is 55.5 Å². The maximum absolute atomic E-state index is 12.6. The van der Waals surface area contributed by atoms with E-state index in [0.29, 0.717) is 25.9 Å². The van der Waals surface area contributed by atoms with Crippen LogP contribution in [0.4, 0.5) is 10.5 Å². The minimum absolute atomic E-state index is 0.0254. The van der Waals surface area contributed by atoms with Crippen LogP contribution in [0.5, 0.6) is 0 Å². The molecular formula is C21H23IN2O3. The van der Waals surface area contributed by atoms with Crippen molar-refractivity contribution in [3.63, 3.8) is 0 Å². The first-order valence-corrected chi connectivity index (χ1v) is 10.1. The molecule has 0 saturated carbocycles. The van der Waals surface area contributed by atoms with Gasteiger partial charge in [-0.25, -0.2) is 4.79 Å². The van der Waals surface area contributed by atoms with E-state index in [4.69, 9.17) is 4.74 Å². The van der Waals surface area contributed by atoms with Crippen molar-refractivity contribution in [2.45, 2.75) is 26.4 Å². The molecule has 6 heteroatoms. The number of hydrogen-bond acceptors (Lipinski definition) is 3. The van der Waals surface area contributed by atoms with Crippen LogP contribution in [0.2, 0.25) is 0 Å². The second-order valence-electron chi connectivity index (χ2n) is 6.75. The number of carbonyl (C=O) groups excluding carboxylic acids is 2. The standard InChI is InChI=1S/C21H23IN2O3/c1-15-7-8-18(22)13-19(15)23-20(25)17-9-11-24(12-10-17)21(26)27-14-16-5-3-2-4-6-16/h2-8,13,17H,9-12,14H2,1H3,(H,23,25). The molecule has 1 aliphatic rings. The number of ether oxygens (including phenoxy) is 1. The number of likely N-dealkylation sites (tertiary alicyclic amines) is 1. The summed E-state index contributed by atoms with van der Waals surface area (Å²) in [6, 6.07) is 15.6. The summed E-state index contributed by atoms with van der Waals surface area (Å²) in [7, 11) is 0. The monoisotopic (exact) mass is 478 g/mol. The molecule has 0 spiro atoms. The fourth-order valence-corrected chi connectivity index (χ4v) is 3.59. The highest BCUT2D eigenvalue weighted by Gasteiger charge is 2.28. The number of anilines is 1. The molecule has 0 aliphatic carbocycles. The van der Waals surface area contributed by atoms with Crippen molar-refractivity contribution in [1.82, 2.24) is 4.90 Å². The third-order valence-corrected chi connectivity index (χ3v) is 5.46. The lowest BCUT2D eigenvalue weighted by Gasteiger charge is -2.30. The Morgan fingerprint density at radius 3 is 2.56 bits per heavy atom. The van der Waals surface area contributed by atoms with Crippen LogP contribution < -0.4 is 5.32 Å². The number of hydrogen-bond donors (Lipinski definition) is 1. The zero-order chi connectivity index (χ0) is 19.2. The second kappa shape index (κ2) is 9.21. The summed E-state index contributed by atoms with van der Waals surface area (Å²) in [5, 5.41) is 3.03.